The van der Waals surface area contributed by atoms with E-state index in [1.165, 1.54) is 17.8 Å². The Morgan fingerprint density at radius 2 is 1.82 bits per heavy atom. The fourth-order valence-corrected chi connectivity index (χ4v) is 4.25. The second-order valence-electron chi connectivity index (χ2n) is 7.68. The monoisotopic (exact) mass is 467 g/mol. The summed E-state index contributed by atoms with van der Waals surface area (Å²) in [6.45, 7) is 5.06. The van der Waals surface area contributed by atoms with Gasteiger partial charge in [-0.05, 0) is 48.9 Å². The Bertz CT molecular complexity index is 1100. The minimum Gasteiger partial charge on any atom is -0.495 e. The third-order valence-electron chi connectivity index (χ3n) is 5.46. The number of nitrogens with one attached hydrogen (secondary N) is 1. The maximum absolute atomic E-state index is 13.6. The lowest BCUT2D eigenvalue weighted by Crippen LogP contribution is -2.47. The predicted octanol–water partition coefficient (Wildman–Crippen LogP) is 3.99. The van der Waals surface area contributed by atoms with Gasteiger partial charge in [-0.3, -0.25) is 4.79 Å². The van der Waals surface area contributed by atoms with Crippen LogP contribution in [-0.4, -0.2) is 55.1 Å². The van der Waals surface area contributed by atoms with Gasteiger partial charge in [0.05, 0.1) is 18.6 Å². The molecule has 3 aromatic rings. The van der Waals surface area contributed by atoms with E-state index in [0.717, 1.165) is 43.4 Å². The number of anilines is 3. The number of hydrogen-bond donors (Lipinski definition) is 1. The van der Waals surface area contributed by atoms with Gasteiger partial charge in [-0.25, -0.2) is 4.39 Å². The van der Waals surface area contributed by atoms with Gasteiger partial charge in [-0.1, -0.05) is 30.0 Å². The van der Waals surface area contributed by atoms with Crippen molar-refractivity contribution in [1.82, 2.24) is 10.2 Å². The number of aryl methyl sites for hydroxylation is 1. The second-order valence-corrected chi connectivity index (χ2v) is 8.67. The van der Waals surface area contributed by atoms with Crippen LogP contribution in [-0.2, 0) is 4.79 Å². The largest absolute Gasteiger partial charge is 0.495 e. The van der Waals surface area contributed by atoms with Crippen LogP contribution in [0.3, 0.4) is 0 Å². The third-order valence-corrected chi connectivity index (χ3v) is 6.38. The average molecular weight is 468 g/mol. The number of amides is 1. The summed E-state index contributed by atoms with van der Waals surface area (Å²) in [5, 5.41) is 12.0. The highest BCUT2D eigenvalue weighted by Gasteiger charge is 2.20. The van der Waals surface area contributed by atoms with Crippen LogP contribution >= 0.6 is 11.8 Å². The first-order valence-electron chi connectivity index (χ1n) is 10.7. The van der Waals surface area contributed by atoms with Crippen molar-refractivity contribution in [3.05, 3.63) is 66.0 Å². The van der Waals surface area contributed by atoms with E-state index in [1.807, 2.05) is 30.3 Å². The van der Waals surface area contributed by atoms with Crippen LogP contribution in [0.5, 0.6) is 5.75 Å². The lowest BCUT2D eigenvalue weighted by Gasteiger charge is -2.37. The first-order chi connectivity index (χ1) is 16.0. The van der Waals surface area contributed by atoms with Crippen molar-refractivity contribution in [2.75, 3.05) is 54.2 Å². The van der Waals surface area contributed by atoms with Crippen molar-refractivity contribution in [1.29, 1.82) is 0 Å². The van der Waals surface area contributed by atoms with E-state index in [1.54, 1.807) is 26.2 Å². The molecule has 0 aliphatic carbocycles. The Labute approximate surface area is 197 Å². The Morgan fingerprint density at radius 1 is 1.06 bits per heavy atom. The number of ether oxygens (including phenoxy) is 1. The summed E-state index contributed by atoms with van der Waals surface area (Å²) in [5.41, 5.74) is 2.08. The Morgan fingerprint density at radius 3 is 2.52 bits per heavy atom. The summed E-state index contributed by atoms with van der Waals surface area (Å²) in [6, 6.07) is 16.5. The minimum atomic E-state index is -0.342. The highest BCUT2D eigenvalue weighted by atomic mass is 32.2. The lowest BCUT2D eigenvalue weighted by molar-refractivity contribution is -0.113. The maximum Gasteiger partial charge on any atom is 0.234 e. The summed E-state index contributed by atoms with van der Waals surface area (Å²) in [6.07, 6.45) is 0. The molecule has 9 heteroatoms. The molecule has 172 valence electrons. The third kappa shape index (κ3) is 5.73. The Hall–Kier alpha value is -3.33. The van der Waals surface area contributed by atoms with Gasteiger partial charge in [0, 0.05) is 31.9 Å². The molecule has 0 spiro atoms. The topological polar surface area (TPSA) is 70.6 Å². The molecular formula is C24H26FN5O2S. The van der Waals surface area contributed by atoms with Crippen LogP contribution in [0.25, 0.3) is 0 Å². The van der Waals surface area contributed by atoms with Gasteiger partial charge < -0.3 is 19.9 Å². The van der Waals surface area contributed by atoms with E-state index in [0.29, 0.717) is 16.3 Å². The van der Waals surface area contributed by atoms with E-state index in [-0.39, 0.29) is 17.5 Å². The van der Waals surface area contributed by atoms with Crippen LogP contribution in [0.15, 0.2) is 59.6 Å². The number of carbonyl (C=O) groups is 1. The molecule has 0 atom stereocenters. The van der Waals surface area contributed by atoms with E-state index < -0.39 is 0 Å². The van der Waals surface area contributed by atoms with Crippen molar-refractivity contribution in [3.63, 3.8) is 0 Å². The summed E-state index contributed by atoms with van der Waals surface area (Å²) in [7, 11) is 1.69. The van der Waals surface area contributed by atoms with E-state index >= 15 is 0 Å². The van der Waals surface area contributed by atoms with Crippen molar-refractivity contribution in [3.8, 4) is 5.75 Å². The number of halogens is 1. The molecule has 0 unspecified atom stereocenters. The molecule has 1 aliphatic heterocycles. The van der Waals surface area contributed by atoms with Gasteiger partial charge in [0.15, 0.2) is 5.82 Å². The van der Waals surface area contributed by atoms with Crippen molar-refractivity contribution in [2.45, 2.75) is 11.9 Å². The number of hydrogen-bond acceptors (Lipinski definition) is 7. The highest BCUT2D eigenvalue weighted by Crippen LogP contribution is 2.29. The molecule has 1 saturated heterocycles. The molecule has 0 radical (unpaired) electrons. The molecule has 1 aromatic heterocycles. The zero-order chi connectivity index (χ0) is 23.2. The molecule has 2 heterocycles. The first-order valence-corrected chi connectivity index (χ1v) is 11.7. The molecule has 1 amide bonds. The van der Waals surface area contributed by atoms with Gasteiger partial charge in [0.1, 0.15) is 16.6 Å². The van der Waals surface area contributed by atoms with E-state index in [9.17, 15) is 9.18 Å². The van der Waals surface area contributed by atoms with Gasteiger partial charge in [-0.15, -0.1) is 10.2 Å². The van der Waals surface area contributed by atoms with Crippen LogP contribution in [0.4, 0.5) is 21.6 Å². The zero-order valence-corrected chi connectivity index (χ0v) is 19.4. The number of nitrogens with zero attached hydrogens (tertiary/aromatic N) is 4. The molecule has 1 aliphatic rings. The van der Waals surface area contributed by atoms with Crippen LogP contribution in [0.1, 0.15) is 5.56 Å². The van der Waals surface area contributed by atoms with Gasteiger partial charge in [0.2, 0.25) is 5.91 Å². The number of thioether (sulfide) groups is 1. The molecular weight excluding hydrogens is 441 g/mol. The van der Waals surface area contributed by atoms with Crippen LogP contribution < -0.4 is 19.9 Å². The summed E-state index contributed by atoms with van der Waals surface area (Å²) in [5.74, 6) is 1.30. The standard InChI is InChI=1S/C24H26FN5O2S/c1-17-7-8-18(15-19(17)25)26-23(31)16-33-24-10-9-22(27-28-24)30-13-11-29(12-14-30)20-5-3-4-6-21(20)32-2/h3-10,15H,11-14,16H2,1-2H3,(H,26,31). The smallest absolute Gasteiger partial charge is 0.234 e. The number of aromatic nitrogens is 2. The number of rotatable bonds is 7. The van der Waals surface area contributed by atoms with Crippen molar-refractivity contribution >= 4 is 34.9 Å². The number of carbonyl (C=O) groups excluding carboxylic acids is 1. The molecule has 0 saturated carbocycles. The van der Waals surface area contributed by atoms with E-state index in [2.05, 4.69) is 31.4 Å². The molecule has 0 bridgehead atoms. The predicted molar refractivity (Wildman–Crippen MR) is 130 cm³/mol. The first kappa shape index (κ1) is 22.8. The fourth-order valence-electron chi connectivity index (χ4n) is 3.63. The number of piperazine rings is 1. The van der Waals surface area contributed by atoms with Crippen molar-refractivity contribution < 1.29 is 13.9 Å². The Balaban J connectivity index is 1.27. The molecule has 1 fully saturated rings. The molecule has 2 aromatic carbocycles. The molecule has 33 heavy (non-hydrogen) atoms. The summed E-state index contributed by atoms with van der Waals surface area (Å²) in [4.78, 5) is 16.7. The number of para-hydroxylation sites is 2. The molecule has 4 rings (SSSR count). The molecule has 1 N–H and O–H groups in total. The van der Waals surface area contributed by atoms with Gasteiger partial charge in [0.25, 0.3) is 0 Å². The fraction of sp³-hybridized carbons (Fsp3) is 0.292. The van der Waals surface area contributed by atoms with Gasteiger partial charge >= 0.3 is 0 Å². The number of benzene rings is 2. The SMILES string of the molecule is COc1ccccc1N1CCN(c2ccc(SCC(=O)Nc3ccc(C)c(F)c3)nn2)CC1. The lowest BCUT2D eigenvalue weighted by atomic mass is 10.2. The van der Waals surface area contributed by atoms with Crippen molar-refractivity contribution in [2.24, 2.45) is 0 Å². The Kier molecular flexibility index (Phi) is 7.29. The minimum absolute atomic E-state index is 0.168. The highest BCUT2D eigenvalue weighted by molar-refractivity contribution is 7.99. The normalized spacial score (nSPS) is 13.7. The molecule has 7 nitrogen and oxygen atoms in total. The zero-order valence-electron chi connectivity index (χ0n) is 18.6. The number of methoxy groups -OCH3 is 1. The second kappa shape index (κ2) is 10.5. The van der Waals surface area contributed by atoms with E-state index in [4.69, 9.17) is 4.74 Å². The van der Waals surface area contributed by atoms with Gasteiger partial charge in [-0.2, -0.15) is 0 Å². The summed E-state index contributed by atoms with van der Waals surface area (Å²) < 4.78 is 19.1. The van der Waals surface area contributed by atoms with Crippen LogP contribution in [0, 0.1) is 12.7 Å². The average Bonchev–Trinajstić information content (AvgIpc) is 2.85. The maximum atomic E-state index is 13.6. The van der Waals surface area contributed by atoms with Crippen LogP contribution in [0.2, 0.25) is 0 Å². The quantitative estimate of drug-likeness (QED) is 0.527. The summed E-state index contributed by atoms with van der Waals surface area (Å²) >= 11 is 1.29.